The third-order valence-corrected chi connectivity index (χ3v) is 9.67. The van der Waals surface area contributed by atoms with Crippen LogP contribution in [-0.2, 0) is 33.2 Å². The number of Topliss-reactive ketones (excluding diaryl/α,β-unsaturated/α-hetero) is 1. The minimum Gasteiger partial charge on any atom is -0.429 e. The van der Waals surface area contributed by atoms with Gasteiger partial charge in [-0.15, -0.1) is 0 Å². The number of carbonyl (C=O) groups excluding carboxylic acids is 4. The van der Waals surface area contributed by atoms with E-state index in [4.69, 9.17) is 28.4 Å². The van der Waals surface area contributed by atoms with Gasteiger partial charge in [0.25, 0.3) is 0 Å². The van der Waals surface area contributed by atoms with Crippen LogP contribution >= 0.6 is 0 Å². The number of fused-ring (bicyclic) bond motifs is 3. The molecule has 2 bridgehead atoms. The van der Waals surface area contributed by atoms with Crippen LogP contribution < -0.4 is 0 Å². The molecule has 4 rings (SSSR count). The second kappa shape index (κ2) is 10.6. The number of rotatable bonds is 3. The fourth-order valence-electron chi connectivity index (χ4n) is 7.63. The van der Waals surface area contributed by atoms with E-state index in [2.05, 4.69) is 0 Å². The molecule has 44 heavy (non-hydrogen) atoms. The fourth-order valence-corrected chi connectivity index (χ4v) is 7.63. The number of ether oxygens (including phenoxy) is 6. The molecule has 0 unspecified atom stereocenters. The standard InChI is InChI=1S/C31H46O13/c1-15-16(39-23(35)42-26(2,3)4)13-31-22(41-25(37)44-31)20-29(10,12-11-17(33)30(20,38)14-32)21(34)19(18(15)28(31,8)9)40-24(36)43-27(5,6)7/h16-17,19-20,22,32-33,38H,11-14H2,1-10H3/t16-,17-,19+,20-,22-,29+,30-,31+/m0/s1. The summed E-state index contributed by atoms with van der Waals surface area (Å²) in [5, 5.41) is 33.4. The number of hydrogen-bond acceptors (Lipinski definition) is 13. The summed E-state index contributed by atoms with van der Waals surface area (Å²) in [7, 11) is 0. The molecule has 3 aliphatic carbocycles. The Kier molecular flexibility index (Phi) is 8.18. The summed E-state index contributed by atoms with van der Waals surface area (Å²) in [6.07, 6.45) is -9.33. The van der Waals surface area contributed by atoms with Crippen molar-refractivity contribution in [2.45, 2.75) is 135 Å². The van der Waals surface area contributed by atoms with Crippen molar-refractivity contribution in [1.82, 2.24) is 0 Å². The van der Waals surface area contributed by atoms with Crippen LogP contribution in [0.3, 0.4) is 0 Å². The van der Waals surface area contributed by atoms with Gasteiger partial charge in [-0.25, -0.2) is 14.4 Å². The van der Waals surface area contributed by atoms with Gasteiger partial charge in [-0.05, 0) is 72.5 Å². The van der Waals surface area contributed by atoms with Crippen LogP contribution in [-0.4, -0.2) is 93.0 Å². The Morgan fingerprint density at radius 2 is 1.52 bits per heavy atom. The Hall–Kier alpha value is -2.90. The van der Waals surface area contributed by atoms with Crippen molar-refractivity contribution in [1.29, 1.82) is 0 Å². The summed E-state index contributed by atoms with van der Waals surface area (Å²) < 4.78 is 34.1. The highest BCUT2D eigenvalue weighted by atomic mass is 16.8. The number of hydrogen-bond donors (Lipinski definition) is 3. The van der Waals surface area contributed by atoms with Crippen molar-refractivity contribution in [2.24, 2.45) is 16.7 Å². The van der Waals surface area contributed by atoms with Gasteiger partial charge < -0.3 is 43.7 Å². The van der Waals surface area contributed by atoms with Gasteiger partial charge in [0.2, 0.25) is 0 Å². The molecule has 3 fully saturated rings. The largest absolute Gasteiger partial charge is 0.509 e. The first kappa shape index (κ1) is 34.0. The molecule has 8 atom stereocenters. The predicted octanol–water partition coefficient (Wildman–Crippen LogP) is 3.73. The Morgan fingerprint density at radius 1 is 0.977 bits per heavy atom. The molecule has 13 nitrogen and oxygen atoms in total. The van der Waals surface area contributed by atoms with E-state index in [9.17, 15) is 34.5 Å². The van der Waals surface area contributed by atoms with Crippen LogP contribution in [0.25, 0.3) is 0 Å². The molecular weight excluding hydrogens is 580 g/mol. The summed E-state index contributed by atoms with van der Waals surface area (Å²) in [4.78, 5) is 54.0. The van der Waals surface area contributed by atoms with Gasteiger partial charge in [-0.3, -0.25) is 4.79 Å². The summed E-state index contributed by atoms with van der Waals surface area (Å²) in [5.41, 5.74) is -8.37. The van der Waals surface area contributed by atoms with Crippen molar-refractivity contribution < 1.29 is 62.9 Å². The molecule has 4 aliphatic rings. The van der Waals surface area contributed by atoms with E-state index in [-0.39, 0.29) is 24.8 Å². The van der Waals surface area contributed by atoms with E-state index in [0.29, 0.717) is 5.57 Å². The molecule has 0 aromatic heterocycles. The van der Waals surface area contributed by atoms with Crippen LogP contribution in [0.1, 0.15) is 88.5 Å². The first-order chi connectivity index (χ1) is 19.9. The van der Waals surface area contributed by atoms with Gasteiger partial charge in [0.05, 0.1) is 12.7 Å². The number of aliphatic hydroxyl groups is 3. The van der Waals surface area contributed by atoms with Crippen molar-refractivity contribution in [3.8, 4) is 0 Å². The first-order valence-corrected chi connectivity index (χ1v) is 14.9. The lowest BCUT2D eigenvalue weighted by Crippen LogP contribution is -2.74. The highest BCUT2D eigenvalue weighted by Crippen LogP contribution is 2.64. The summed E-state index contributed by atoms with van der Waals surface area (Å²) >= 11 is 0. The number of ketones is 1. The van der Waals surface area contributed by atoms with Crippen molar-refractivity contribution in [3.63, 3.8) is 0 Å². The first-order valence-electron chi connectivity index (χ1n) is 14.9. The van der Waals surface area contributed by atoms with Gasteiger partial charge in [0.1, 0.15) is 22.9 Å². The van der Waals surface area contributed by atoms with Crippen LogP contribution in [0, 0.1) is 16.7 Å². The second-order valence-electron chi connectivity index (χ2n) is 15.2. The Bertz CT molecular complexity index is 1260. The molecule has 1 aliphatic heterocycles. The third kappa shape index (κ3) is 5.34. The lowest BCUT2D eigenvalue weighted by Gasteiger charge is -2.61. The summed E-state index contributed by atoms with van der Waals surface area (Å²) in [6, 6.07) is 0. The van der Waals surface area contributed by atoms with E-state index in [1.165, 1.54) is 6.92 Å². The third-order valence-electron chi connectivity index (χ3n) is 9.67. The van der Waals surface area contributed by atoms with Crippen LogP contribution in [0.15, 0.2) is 11.1 Å². The quantitative estimate of drug-likeness (QED) is 0.234. The van der Waals surface area contributed by atoms with E-state index in [1.807, 2.05) is 0 Å². The zero-order chi connectivity index (χ0) is 33.4. The molecule has 2 saturated carbocycles. The maximum atomic E-state index is 14.8. The van der Waals surface area contributed by atoms with E-state index < -0.39 is 94.4 Å². The van der Waals surface area contributed by atoms with E-state index >= 15 is 0 Å². The highest BCUT2D eigenvalue weighted by molar-refractivity contribution is 5.94. The molecule has 3 N–H and O–H groups in total. The minimum absolute atomic E-state index is 0.0110. The average Bonchev–Trinajstić information content (AvgIpc) is 3.17. The zero-order valence-corrected chi connectivity index (χ0v) is 27.1. The van der Waals surface area contributed by atoms with Gasteiger partial charge in [0, 0.05) is 23.2 Å². The van der Waals surface area contributed by atoms with Gasteiger partial charge >= 0.3 is 18.5 Å². The molecule has 0 aromatic rings. The fraction of sp³-hybridized carbons (Fsp3) is 0.806. The van der Waals surface area contributed by atoms with Crippen molar-refractivity contribution in [2.75, 3.05) is 6.61 Å². The Morgan fingerprint density at radius 3 is 2.05 bits per heavy atom. The lowest BCUT2D eigenvalue weighted by atomic mass is 9.46. The normalized spacial score (nSPS) is 38.2. The maximum absolute atomic E-state index is 14.8. The summed E-state index contributed by atoms with van der Waals surface area (Å²) in [5.74, 6) is -2.11. The van der Waals surface area contributed by atoms with Gasteiger partial charge in [-0.2, -0.15) is 0 Å². The molecular formula is C31H46O13. The highest BCUT2D eigenvalue weighted by Gasteiger charge is 2.76. The maximum Gasteiger partial charge on any atom is 0.509 e. The molecule has 0 aromatic carbocycles. The van der Waals surface area contributed by atoms with E-state index in [1.54, 1.807) is 62.3 Å². The van der Waals surface area contributed by atoms with Gasteiger partial charge in [-0.1, -0.05) is 20.8 Å². The van der Waals surface area contributed by atoms with E-state index in [0.717, 1.165) is 0 Å². The summed E-state index contributed by atoms with van der Waals surface area (Å²) in [6.45, 7) is 15.4. The minimum atomic E-state index is -2.34. The topological polar surface area (TPSA) is 184 Å². The molecule has 13 heteroatoms. The van der Waals surface area contributed by atoms with Crippen LogP contribution in [0.4, 0.5) is 14.4 Å². The van der Waals surface area contributed by atoms with Gasteiger partial charge in [0.15, 0.2) is 23.6 Å². The molecule has 1 spiro atoms. The van der Waals surface area contributed by atoms with Crippen LogP contribution in [0.2, 0.25) is 0 Å². The Labute approximate surface area is 257 Å². The lowest BCUT2D eigenvalue weighted by molar-refractivity contribution is -0.244. The van der Waals surface area contributed by atoms with Crippen molar-refractivity contribution >= 4 is 24.2 Å². The number of aliphatic hydroxyl groups excluding tert-OH is 2. The molecule has 0 amide bonds. The number of carbonyl (C=O) groups is 4. The smallest absolute Gasteiger partial charge is 0.429 e. The monoisotopic (exact) mass is 626 g/mol. The molecule has 1 heterocycles. The van der Waals surface area contributed by atoms with Crippen molar-refractivity contribution in [3.05, 3.63) is 11.1 Å². The predicted molar refractivity (Wildman–Crippen MR) is 151 cm³/mol. The Balaban J connectivity index is 2.01. The molecule has 1 saturated heterocycles. The second-order valence-corrected chi connectivity index (χ2v) is 15.2. The molecule has 248 valence electrons. The zero-order valence-electron chi connectivity index (χ0n) is 27.1. The average molecular weight is 627 g/mol. The SMILES string of the molecule is CC1=C2[C@@H](OC(=O)OC(C)(C)C)C(=O)[C@]3(C)CC[C@H](O)[C@@](O)(CO)[C@H]3[C@@H]3OC(=O)O[C@@]3(C[C@@H]1OC(=O)OC(C)(C)C)C2(C)C. The van der Waals surface area contributed by atoms with Crippen LogP contribution in [0.5, 0.6) is 0 Å². The molecule has 0 radical (unpaired) electrons.